The van der Waals surface area contributed by atoms with Crippen molar-refractivity contribution >= 4 is 22.9 Å². The minimum absolute atomic E-state index is 0.144. The van der Waals surface area contributed by atoms with Crippen LogP contribution in [0.1, 0.15) is 49.8 Å². The number of hydrogen-bond acceptors (Lipinski definition) is 3. The van der Waals surface area contributed by atoms with E-state index in [1.165, 1.54) is 28.6 Å². The van der Waals surface area contributed by atoms with Gasteiger partial charge in [0.25, 0.3) is 0 Å². The maximum Gasteiger partial charge on any atom is 0.225 e. The van der Waals surface area contributed by atoms with E-state index in [-0.39, 0.29) is 5.92 Å². The fraction of sp³-hybridized carbons (Fsp3) is 0.517. The molecule has 2 aliphatic heterocycles. The first-order chi connectivity index (χ1) is 16.4. The molecule has 0 radical (unpaired) electrons. The van der Waals surface area contributed by atoms with E-state index < -0.39 is 0 Å². The first kappa shape index (κ1) is 22.9. The van der Waals surface area contributed by atoms with Crippen molar-refractivity contribution in [2.75, 3.05) is 31.1 Å². The number of anilines is 1. The van der Waals surface area contributed by atoms with Gasteiger partial charge >= 0.3 is 0 Å². The molecule has 0 saturated carbocycles. The number of aromatic nitrogens is 2. The zero-order chi connectivity index (χ0) is 23.8. The average molecular weight is 459 g/mol. The number of imidazole rings is 1. The highest BCUT2D eigenvalue weighted by molar-refractivity contribution is 5.80. The van der Waals surface area contributed by atoms with Crippen molar-refractivity contribution in [1.29, 1.82) is 0 Å². The van der Waals surface area contributed by atoms with Crippen molar-refractivity contribution < 1.29 is 4.79 Å². The predicted molar refractivity (Wildman–Crippen MR) is 139 cm³/mol. The number of carbonyl (C=O) groups is 1. The maximum absolute atomic E-state index is 13.3. The third-order valence-corrected chi connectivity index (χ3v) is 7.78. The van der Waals surface area contributed by atoms with Crippen molar-refractivity contribution in [3.05, 3.63) is 59.2 Å². The summed E-state index contributed by atoms with van der Waals surface area (Å²) in [5.74, 6) is 2.77. The number of para-hydroxylation sites is 2. The molecule has 5 rings (SSSR count). The van der Waals surface area contributed by atoms with Gasteiger partial charge in [-0.2, -0.15) is 0 Å². The Labute approximate surface area is 203 Å². The number of fused-ring (bicyclic) bond motifs is 1. The molecule has 5 heteroatoms. The molecule has 0 unspecified atom stereocenters. The number of aryl methyl sites for hydroxylation is 2. The molecule has 0 N–H and O–H groups in total. The Hall–Kier alpha value is -2.82. The van der Waals surface area contributed by atoms with Crippen LogP contribution in [0.3, 0.4) is 0 Å². The fourth-order valence-electron chi connectivity index (χ4n) is 6.03. The molecule has 2 saturated heterocycles. The van der Waals surface area contributed by atoms with Gasteiger partial charge in [-0.1, -0.05) is 49.7 Å². The Balaban J connectivity index is 1.36. The number of amides is 1. The fourth-order valence-corrected chi connectivity index (χ4v) is 6.03. The lowest BCUT2D eigenvalue weighted by Crippen LogP contribution is -2.48. The van der Waals surface area contributed by atoms with E-state index in [9.17, 15) is 4.79 Å². The van der Waals surface area contributed by atoms with Crippen LogP contribution in [0.15, 0.2) is 42.5 Å². The summed E-state index contributed by atoms with van der Waals surface area (Å²) in [5.41, 5.74) is 6.14. The lowest BCUT2D eigenvalue weighted by Gasteiger charge is -2.39. The average Bonchev–Trinajstić information content (AvgIpc) is 3.19. The molecule has 180 valence electrons. The van der Waals surface area contributed by atoms with Gasteiger partial charge in [0.2, 0.25) is 11.9 Å². The van der Waals surface area contributed by atoms with Crippen LogP contribution in [0.4, 0.5) is 5.95 Å². The molecule has 2 aliphatic rings. The molecular weight excluding hydrogens is 420 g/mol. The van der Waals surface area contributed by atoms with E-state index in [1.807, 2.05) is 0 Å². The predicted octanol–water partition coefficient (Wildman–Crippen LogP) is 5.42. The van der Waals surface area contributed by atoms with E-state index in [0.29, 0.717) is 17.7 Å². The third kappa shape index (κ3) is 4.57. The number of nitrogens with zero attached hydrogens (tertiary/aromatic N) is 4. The Morgan fingerprint density at radius 1 is 1.00 bits per heavy atom. The van der Waals surface area contributed by atoms with E-state index >= 15 is 0 Å². The van der Waals surface area contributed by atoms with Gasteiger partial charge in [-0.05, 0) is 68.2 Å². The number of piperidine rings is 2. The molecule has 0 aliphatic carbocycles. The molecule has 3 aromatic rings. The molecule has 0 bridgehead atoms. The van der Waals surface area contributed by atoms with Gasteiger partial charge in [-0.25, -0.2) is 4.98 Å². The smallest absolute Gasteiger partial charge is 0.225 e. The Bertz CT molecular complexity index is 1160. The number of carbonyl (C=O) groups excluding carboxylic acids is 1. The van der Waals surface area contributed by atoms with E-state index in [0.717, 1.165) is 57.0 Å². The molecule has 34 heavy (non-hydrogen) atoms. The summed E-state index contributed by atoms with van der Waals surface area (Å²) in [6.45, 7) is 13.3. The van der Waals surface area contributed by atoms with Gasteiger partial charge in [0.05, 0.1) is 17.6 Å². The van der Waals surface area contributed by atoms with Crippen LogP contribution in [0.25, 0.3) is 11.0 Å². The van der Waals surface area contributed by atoms with Crippen molar-refractivity contribution in [3.63, 3.8) is 0 Å². The van der Waals surface area contributed by atoms with Crippen molar-refractivity contribution in [1.82, 2.24) is 14.5 Å². The van der Waals surface area contributed by atoms with Crippen LogP contribution in [0.5, 0.6) is 0 Å². The minimum atomic E-state index is 0.144. The van der Waals surface area contributed by atoms with Gasteiger partial charge in [0.1, 0.15) is 0 Å². The minimum Gasteiger partial charge on any atom is -0.342 e. The highest BCUT2D eigenvalue weighted by Crippen LogP contribution is 2.30. The summed E-state index contributed by atoms with van der Waals surface area (Å²) in [6, 6.07) is 15.1. The Kier molecular flexibility index (Phi) is 6.37. The molecule has 2 atom stereocenters. The van der Waals surface area contributed by atoms with Crippen LogP contribution in [-0.2, 0) is 11.3 Å². The summed E-state index contributed by atoms with van der Waals surface area (Å²) in [7, 11) is 0. The van der Waals surface area contributed by atoms with Gasteiger partial charge in [0.15, 0.2) is 0 Å². The van der Waals surface area contributed by atoms with Crippen LogP contribution in [-0.4, -0.2) is 46.5 Å². The van der Waals surface area contributed by atoms with Crippen molar-refractivity contribution in [2.24, 2.45) is 17.8 Å². The normalized spacial score (nSPS) is 21.9. The van der Waals surface area contributed by atoms with E-state index in [4.69, 9.17) is 4.98 Å². The SMILES string of the molecule is Cc1ccc(C)c(Cn2c(N3CCC(C(=O)N4C[C@@H](C)C[C@H](C)C4)CC3)nc3ccccc32)c1. The standard InChI is InChI=1S/C29H38N4O/c1-20-9-10-23(4)25(16-20)19-33-27-8-6-5-7-26(27)30-29(33)31-13-11-24(12-14-31)28(34)32-17-21(2)15-22(3)18-32/h5-10,16,21-22,24H,11-15,17-19H2,1-4H3/t21-,22-/m0/s1. The zero-order valence-corrected chi connectivity index (χ0v) is 21.1. The summed E-state index contributed by atoms with van der Waals surface area (Å²) >= 11 is 0. The first-order valence-electron chi connectivity index (χ1n) is 12.9. The first-order valence-corrected chi connectivity index (χ1v) is 12.9. The number of hydrogen-bond donors (Lipinski definition) is 0. The summed E-state index contributed by atoms with van der Waals surface area (Å²) in [5, 5.41) is 0. The number of likely N-dealkylation sites (tertiary alicyclic amines) is 1. The van der Waals surface area contributed by atoms with Crippen LogP contribution >= 0.6 is 0 Å². The summed E-state index contributed by atoms with van der Waals surface area (Å²) in [4.78, 5) is 22.9. The second-order valence-electron chi connectivity index (χ2n) is 10.9. The maximum atomic E-state index is 13.3. The highest BCUT2D eigenvalue weighted by atomic mass is 16.2. The van der Waals surface area contributed by atoms with Gasteiger partial charge in [-0.3, -0.25) is 4.79 Å². The largest absolute Gasteiger partial charge is 0.342 e. The third-order valence-electron chi connectivity index (χ3n) is 7.78. The van der Waals surface area contributed by atoms with Crippen LogP contribution in [0.2, 0.25) is 0 Å². The monoisotopic (exact) mass is 458 g/mol. The highest BCUT2D eigenvalue weighted by Gasteiger charge is 2.33. The molecular formula is C29H38N4O. The summed E-state index contributed by atoms with van der Waals surface area (Å²) in [6.07, 6.45) is 3.05. The zero-order valence-electron chi connectivity index (χ0n) is 21.1. The Morgan fingerprint density at radius 3 is 2.44 bits per heavy atom. The van der Waals surface area contributed by atoms with Crippen molar-refractivity contribution in [3.8, 4) is 0 Å². The molecule has 5 nitrogen and oxygen atoms in total. The van der Waals surface area contributed by atoms with Crippen LogP contribution in [0, 0.1) is 31.6 Å². The lowest BCUT2D eigenvalue weighted by molar-refractivity contribution is -0.138. The molecule has 1 amide bonds. The lowest BCUT2D eigenvalue weighted by atomic mass is 9.89. The topological polar surface area (TPSA) is 41.4 Å². The van der Waals surface area contributed by atoms with Crippen molar-refractivity contribution in [2.45, 2.75) is 53.5 Å². The molecule has 2 fully saturated rings. The molecule has 2 aromatic carbocycles. The summed E-state index contributed by atoms with van der Waals surface area (Å²) < 4.78 is 2.37. The molecule has 0 spiro atoms. The van der Waals surface area contributed by atoms with Crippen LogP contribution < -0.4 is 4.90 Å². The Morgan fingerprint density at radius 2 is 1.71 bits per heavy atom. The second-order valence-corrected chi connectivity index (χ2v) is 10.9. The van der Waals surface area contributed by atoms with E-state index in [1.54, 1.807) is 0 Å². The molecule has 1 aromatic heterocycles. The quantitative estimate of drug-likeness (QED) is 0.524. The number of rotatable bonds is 4. The molecule has 3 heterocycles. The van der Waals surface area contributed by atoms with Gasteiger partial charge in [-0.15, -0.1) is 0 Å². The van der Waals surface area contributed by atoms with E-state index in [2.05, 4.69) is 84.5 Å². The number of benzene rings is 2. The van der Waals surface area contributed by atoms with Gasteiger partial charge < -0.3 is 14.4 Å². The second kappa shape index (κ2) is 9.44. The van der Waals surface area contributed by atoms with Gasteiger partial charge in [0, 0.05) is 32.1 Å².